The van der Waals surface area contributed by atoms with Crippen molar-refractivity contribution in [2.24, 2.45) is 0 Å². The van der Waals surface area contributed by atoms with Gasteiger partial charge in [-0.1, -0.05) is 11.6 Å². The molecule has 3 rings (SSSR count). The first kappa shape index (κ1) is 13.8. The molecule has 0 unspecified atom stereocenters. The van der Waals surface area contributed by atoms with Gasteiger partial charge in [0.2, 0.25) is 0 Å². The molecular formula is C15H20ClN3O. The van der Waals surface area contributed by atoms with Gasteiger partial charge in [-0.3, -0.25) is 4.79 Å². The van der Waals surface area contributed by atoms with Crippen LogP contribution in [0.15, 0.2) is 18.3 Å². The molecule has 2 aliphatic rings. The van der Waals surface area contributed by atoms with Crippen LogP contribution in [0.2, 0.25) is 5.15 Å². The van der Waals surface area contributed by atoms with E-state index < -0.39 is 0 Å². The number of hydrogen-bond donors (Lipinski definition) is 0. The highest BCUT2D eigenvalue weighted by Crippen LogP contribution is 2.22. The van der Waals surface area contributed by atoms with E-state index in [1.54, 1.807) is 18.3 Å². The van der Waals surface area contributed by atoms with Crippen molar-refractivity contribution in [2.45, 2.75) is 31.7 Å². The first-order valence-corrected chi connectivity index (χ1v) is 7.77. The minimum Gasteiger partial charge on any atom is -0.338 e. The molecule has 1 aromatic heterocycles. The Balaban J connectivity index is 1.57. The molecule has 0 N–H and O–H groups in total. The summed E-state index contributed by atoms with van der Waals surface area (Å²) >= 11 is 5.75. The largest absolute Gasteiger partial charge is 0.338 e. The first-order chi connectivity index (χ1) is 9.74. The van der Waals surface area contributed by atoms with Crippen LogP contribution in [0.1, 0.15) is 36.0 Å². The third-order valence-electron chi connectivity index (χ3n) is 4.38. The number of pyridine rings is 1. The van der Waals surface area contributed by atoms with E-state index in [1.165, 1.54) is 25.9 Å². The van der Waals surface area contributed by atoms with Crippen LogP contribution in [0, 0.1) is 0 Å². The topological polar surface area (TPSA) is 36.4 Å². The van der Waals surface area contributed by atoms with Crippen LogP contribution >= 0.6 is 11.6 Å². The third-order valence-corrected chi connectivity index (χ3v) is 4.61. The van der Waals surface area contributed by atoms with Crippen molar-refractivity contribution in [2.75, 3.05) is 26.2 Å². The van der Waals surface area contributed by atoms with Gasteiger partial charge in [0, 0.05) is 25.3 Å². The number of carbonyl (C=O) groups excluding carboxylic acids is 1. The van der Waals surface area contributed by atoms with Crippen LogP contribution in [0.4, 0.5) is 0 Å². The summed E-state index contributed by atoms with van der Waals surface area (Å²) in [5.74, 6) is 0.0778. The van der Waals surface area contributed by atoms with Crippen molar-refractivity contribution < 1.29 is 4.79 Å². The normalized spacial score (nSPS) is 21.4. The molecule has 20 heavy (non-hydrogen) atoms. The van der Waals surface area contributed by atoms with Crippen molar-refractivity contribution in [3.63, 3.8) is 0 Å². The van der Waals surface area contributed by atoms with Gasteiger partial charge in [0.25, 0.3) is 5.91 Å². The van der Waals surface area contributed by atoms with Crippen molar-refractivity contribution in [1.29, 1.82) is 0 Å². The highest BCUT2D eigenvalue weighted by Gasteiger charge is 2.28. The Morgan fingerprint density at radius 1 is 1.15 bits per heavy atom. The van der Waals surface area contributed by atoms with E-state index in [4.69, 9.17) is 11.6 Å². The molecule has 0 bridgehead atoms. The monoisotopic (exact) mass is 293 g/mol. The van der Waals surface area contributed by atoms with E-state index in [1.807, 2.05) is 4.90 Å². The summed E-state index contributed by atoms with van der Waals surface area (Å²) in [6.07, 6.45) is 6.40. The molecule has 1 aromatic rings. The van der Waals surface area contributed by atoms with E-state index in [-0.39, 0.29) is 5.91 Å². The molecule has 2 aliphatic heterocycles. The maximum atomic E-state index is 12.4. The summed E-state index contributed by atoms with van der Waals surface area (Å²) in [5.41, 5.74) is 0.633. The second-order valence-corrected chi connectivity index (χ2v) is 6.02. The molecule has 108 valence electrons. The molecule has 5 heteroatoms. The van der Waals surface area contributed by atoms with Crippen molar-refractivity contribution in [3.8, 4) is 0 Å². The Morgan fingerprint density at radius 3 is 2.45 bits per heavy atom. The Hall–Kier alpha value is -1.13. The molecule has 0 aromatic carbocycles. The molecular weight excluding hydrogens is 274 g/mol. The van der Waals surface area contributed by atoms with Crippen LogP contribution < -0.4 is 0 Å². The minimum atomic E-state index is 0.0778. The summed E-state index contributed by atoms with van der Waals surface area (Å²) < 4.78 is 0. The second kappa shape index (κ2) is 6.10. The van der Waals surface area contributed by atoms with E-state index in [2.05, 4.69) is 9.88 Å². The Morgan fingerprint density at radius 2 is 1.85 bits per heavy atom. The fourth-order valence-electron chi connectivity index (χ4n) is 3.23. The quantitative estimate of drug-likeness (QED) is 0.786. The smallest absolute Gasteiger partial charge is 0.255 e. The molecule has 0 spiro atoms. The van der Waals surface area contributed by atoms with Gasteiger partial charge < -0.3 is 9.80 Å². The molecule has 0 radical (unpaired) electrons. The lowest BCUT2D eigenvalue weighted by atomic mass is 10.0. The van der Waals surface area contributed by atoms with Gasteiger partial charge in [0.05, 0.1) is 5.56 Å². The predicted octanol–water partition coefficient (Wildman–Crippen LogP) is 2.44. The van der Waals surface area contributed by atoms with Crippen LogP contribution in [-0.4, -0.2) is 52.9 Å². The molecule has 0 saturated carbocycles. The molecule has 0 aliphatic carbocycles. The summed E-state index contributed by atoms with van der Waals surface area (Å²) in [7, 11) is 0. The lowest BCUT2D eigenvalue weighted by Gasteiger charge is -2.36. The van der Waals surface area contributed by atoms with Gasteiger partial charge in [0.1, 0.15) is 5.15 Å². The van der Waals surface area contributed by atoms with Gasteiger partial charge >= 0.3 is 0 Å². The van der Waals surface area contributed by atoms with E-state index in [0.717, 1.165) is 25.9 Å². The fourth-order valence-corrected chi connectivity index (χ4v) is 3.34. The lowest BCUT2D eigenvalue weighted by molar-refractivity contribution is 0.0644. The van der Waals surface area contributed by atoms with Gasteiger partial charge in [0.15, 0.2) is 0 Å². The average molecular weight is 294 g/mol. The standard InChI is InChI=1S/C15H20ClN3O/c16-14-4-3-12(11-17-14)15(20)19-9-5-13(6-10-19)18-7-1-2-8-18/h3-4,11,13H,1-2,5-10H2. The summed E-state index contributed by atoms with van der Waals surface area (Å²) in [6, 6.07) is 4.10. The van der Waals surface area contributed by atoms with Crippen molar-refractivity contribution in [1.82, 2.24) is 14.8 Å². The molecule has 0 atom stereocenters. The van der Waals surface area contributed by atoms with Gasteiger partial charge in [-0.15, -0.1) is 0 Å². The number of amides is 1. The third kappa shape index (κ3) is 2.96. The molecule has 2 saturated heterocycles. The number of rotatable bonds is 2. The van der Waals surface area contributed by atoms with Gasteiger partial charge in [-0.05, 0) is 50.9 Å². The number of piperidine rings is 1. The van der Waals surface area contributed by atoms with Gasteiger partial charge in [-0.2, -0.15) is 0 Å². The van der Waals surface area contributed by atoms with Crippen LogP contribution in [0.3, 0.4) is 0 Å². The van der Waals surface area contributed by atoms with Gasteiger partial charge in [-0.25, -0.2) is 4.98 Å². The zero-order valence-corrected chi connectivity index (χ0v) is 12.4. The van der Waals surface area contributed by atoms with Crippen molar-refractivity contribution in [3.05, 3.63) is 29.0 Å². The molecule has 4 nitrogen and oxygen atoms in total. The summed E-state index contributed by atoms with van der Waals surface area (Å²) in [6.45, 7) is 4.17. The maximum absolute atomic E-state index is 12.4. The Labute approximate surface area is 124 Å². The van der Waals surface area contributed by atoms with Crippen LogP contribution in [0.5, 0.6) is 0 Å². The minimum absolute atomic E-state index is 0.0778. The molecule has 3 heterocycles. The fraction of sp³-hybridized carbons (Fsp3) is 0.600. The number of halogens is 1. The van der Waals surface area contributed by atoms with Crippen LogP contribution in [0.25, 0.3) is 0 Å². The predicted molar refractivity (Wildman–Crippen MR) is 79.0 cm³/mol. The molecule has 2 fully saturated rings. The number of likely N-dealkylation sites (tertiary alicyclic amines) is 2. The Kier molecular flexibility index (Phi) is 4.22. The second-order valence-electron chi connectivity index (χ2n) is 5.64. The van der Waals surface area contributed by atoms with E-state index >= 15 is 0 Å². The Bertz CT molecular complexity index is 463. The van der Waals surface area contributed by atoms with Crippen molar-refractivity contribution >= 4 is 17.5 Å². The number of nitrogens with zero attached hydrogens (tertiary/aromatic N) is 3. The lowest BCUT2D eigenvalue weighted by Crippen LogP contribution is -2.45. The zero-order chi connectivity index (χ0) is 13.9. The number of aromatic nitrogens is 1. The first-order valence-electron chi connectivity index (χ1n) is 7.39. The SMILES string of the molecule is O=C(c1ccc(Cl)nc1)N1CCC(N2CCCC2)CC1. The average Bonchev–Trinajstić information content (AvgIpc) is 3.02. The highest BCUT2D eigenvalue weighted by molar-refractivity contribution is 6.29. The van der Waals surface area contributed by atoms with Crippen LogP contribution in [-0.2, 0) is 0 Å². The highest BCUT2D eigenvalue weighted by atomic mass is 35.5. The number of hydrogen-bond acceptors (Lipinski definition) is 3. The zero-order valence-electron chi connectivity index (χ0n) is 11.6. The summed E-state index contributed by atoms with van der Waals surface area (Å²) in [4.78, 5) is 20.9. The van der Waals surface area contributed by atoms with E-state index in [9.17, 15) is 4.79 Å². The maximum Gasteiger partial charge on any atom is 0.255 e. The summed E-state index contributed by atoms with van der Waals surface area (Å²) in [5, 5.41) is 0.425. The molecule has 1 amide bonds. The number of carbonyl (C=O) groups is 1. The van der Waals surface area contributed by atoms with E-state index in [0.29, 0.717) is 16.8 Å².